The molecule has 1 aromatic heterocycles. The lowest BCUT2D eigenvalue weighted by atomic mass is 10.0. The van der Waals surface area contributed by atoms with Crippen molar-refractivity contribution in [1.82, 2.24) is 0 Å². The number of hydrogen-bond donors (Lipinski definition) is 1. The van der Waals surface area contributed by atoms with Gasteiger partial charge in [-0.25, -0.2) is 0 Å². The van der Waals surface area contributed by atoms with Crippen LogP contribution in [0.4, 0.5) is 0 Å². The molecule has 5 nitrogen and oxygen atoms in total. The molecule has 0 unspecified atom stereocenters. The molecule has 0 bridgehead atoms. The van der Waals surface area contributed by atoms with Crippen molar-refractivity contribution in [3.8, 4) is 5.75 Å². The minimum Gasteiger partial charge on any atom is -0.497 e. The van der Waals surface area contributed by atoms with Crippen LogP contribution in [-0.4, -0.2) is 15.5 Å². The summed E-state index contributed by atoms with van der Waals surface area (Å²) in [6, 6.07) is 6.35. The molecule has 0 fully saturated rings. The van der Waals surface area contributed by atoms with Gasteiger partial charge in [0.1, 0.15) is 5.75 Å². The van der Waals surface area contributed by atoms with E-state index in [0.29, 0.717) is 5.75 Å². The number of ether oxygens (including phenoxy) is 1. The average molecular weight is 325 g/mol. The first-order chi connectivity index (χ1) is 10.1. The predicted molar refractivity (Wildman–Crippen MR) is 80.7 cm³/mol. The minimum atomic E-state index is -3.57. The summed E-state index contributed by atoms with van der Waals surface area (Å²) in [6.07, 6.45) is 6.31. The molecule has 0 radical (unpaired) electrons. The second kappa shape index (κ2) is 5.65. The van der Waals surface area contributed by atoms with Crippen LogP contribution in [-0.2, 0) is 22.9 Å². The summed E-state index contributed by atoms with van der Waals surface area (Å²) < 4.78 is 31.3. The Morgan fingerprint density at radius 2 is 1.90 bits per heavy atom. The SMILES string of the molecule is COc1ccc(S(=O)(=O)N[n+]2cc3c(s2)CCCC3)cc1. The average Bonchev–Trinajstić information content (AvgIpc) is 2.88. The van der Waals surface area contributed by atoms with Gasteiger partial charge >= 0.3 is 10.0 Å². The van der Waals surface area contributed by atoms with Crippen molar-refractivity contribution in [3.63, 3.8) is 0 Å². The van der Waals surface area contributed by atoms with Crippen LogP contribution in [0.25, 0.3) is 0 Å². The molecule has 112 valence electrons. The fourth-order valence-corrected chi connectivity index (χ4v) is 4.66. The molecule has 0 spiro atoms. The largest absolute Gasteiger partial charge is 0.497 e. The minimum absolute atomic E-state index is 0.224. The van der Waals surface area contributed by atoms with Crippen molar-refractivity contribution in [2.75, 3.05) is 11.9 Å². The molecular weight excluding hydrogens is 308 g/mol. The maximum absolute atomic E-state index is 12.3. The molecule has 1 N–H and O–H groups in total. The molecule has 0 atom stereocenters. The molecule has 1 aliphatic carbocycles. The van der Waals surface area contributed by atoms with Crippen molar-refractivity contribution < 1.29 is 17.2 Å². The van der Waals surface area contributed by atoms with Crippen LogP contribution in [0.3, 0.4) is 0 Å². The Morgan fingerprint density at radius 1 is 1.19 bits per heavy atom. The zero-order valence-electron chi connectivity index (χ0n) is 11.7. The lowest BCUT2D eigenvalue weighted by Crippen LogP contribution is -2.44. The molecule has 0 amide bonds. The summed E-state index contributed by atoms with van der Waals surface area (Å²) in [5, 5.41) is 0. The van der Waals surface area contributed by atoms with E-state index in [1.165, 1.54) is 46.9 Å². The maximum Gasteiger partial charge on any atom is 0.307 e. The number of nitrogens with zero attached hydrogens (tertiary/aromatic N) is 1. The van der Waals surface area contributed by atoms with Crippen molar-refractivity contribution in [2.24, 2.45) is 0 Å². The monoisotopic (exact) mass is 325 g/mol. The molecule has 0 aliphatic heterocycles. The third kappa shape index (κ3) is 3.03. The van der Waals surface area contributed by atoms with Crippen LogP contribution >= 0.6 is 11.5 Å². The first kappa shape index (κ1) is 14.3. The number of benzene rings is 1. The van der Waals surface area contributed by atoms with E-state index in [9.17, 15) is 8.42 Å². The van der Waals surface area contributed by atoms with Gasteiger partial charge in [-0.1, -0.05) is 4.83 Å². The van der Waals surface area contributed by atoms with Crippen molar-refractivity contribution in [2.45, 2.75) is 30.6 Å². The van der Waals surface area contributed by atoms with E-state index in [1.54, 1.807) is 23.3 Å². The third-order valence-electron chi connectivity index (χ3n) is 3.52. The van der Waals surface area contributed by atoms with E-state index in [1.807, 2.05) is 6.20 Å². The van der Waals surface area contributed by atoms with E-state index >= 15 is 0 Å². The highest BCUT2D eigenvalue weighted by Crippen LogP contribution is 2.23. The number of sulfonamides is 1. The Bertz CT molecular complexity index is 713. The quantitative estimate of drug-likeness (QED) is 0.873. The van der Waals surface area contributed by atoms with Crippen molar-refractivity contribution in [3.05, 3.63) is 40.9 Å². The highest BCUT2D eigenvalue weighted by Gasteiger charge is 2.24. The van der Waals surface area contributed by atoms with Gasteiger partial charge < -0.3 is 4.74 Å². The van der Waals surface area contributed by atoms with Crippen LogP contribution in [0.2, 0.25) is 0 Å². The van der Waals surface area contributed by atoms with Gasteiger partial charge in [0, 0.05) is 5.56 Å². The second-order valence-electron chi connectivity index (χ2n) is 4.97. The Kier molecular flexibility index (Phi) is 3.86. The van der Waals surface area contributed by atoms with E-state index in [4.69, 9.17) is 4.74 Å². The topological polar surface area (TPSA) is 59.3 Å². The van der Waals surface area contributed by atoms with Gasteiger partial charge in [0.15, 0.2) is 11.5 Å². The molecular formula is C14H17N2O3S2+. The lowest BCUT2D eigenvalue weighted by Gasteiger charge is -2.04. The predicted octanol–water partition coefficient (Wildman–Crippen LogP) is 1.86. The smallest absolute Gasteiger partial charge is 0.307 e. The molecule has 3 rings (SSSR count). The number of rotatable bonds is 4. The Morgan fingerprint density at radius 3 is 2.57 bits per heavy atom. The molecule has 1 aromatic carbocycles. The normalized spacial score (nSPS) is 14.5. The molecule has 21 heavy (non-hydrogen) atoms. The van der Waals surface area contributed by atoms with E-state index in [2.05, 4.69) is 4.83 Å². The zero-order chi connectivity index (χ0) is 14.9. The third-order valence-corrected chi connectivity index (χ3v) is 6.05. The van der Waals surface area contributed by atoms with Crippen LogP contribution in [0, 0.1) is 0 Å². The van der Waals surface area contributed by atoms with Crippen LogP contribution in [0.1, 0.15) is 23.3 Å². The van der Waals surface area contributed by atoms with Gasteiger partial charge in [0.25, 0.3) is 0 Å². The molecule has 0 saturated carbocycles. The number of aryl methyl sites for hydroxylation is 2. The first-order valence-electron chi connectivity index (χ1n) is 6.79. The highest BCUT2D eigenvalue weighted by atomic mass is 32.2. The van der Waals surface area contributed by atoms with Gasteiger partial charge in [0.2, 0.25) is 6.20 Å². The number of nitrogens with one attached hydrogen (secondary N) is 1. The Labute approximate surface area is 128 Å². The number of methoxy groups -OCH3 is 1. The summed E-state index contributed by atoms with van der Waals surface area (Å²) >= 11 is 1.47. The van der Waals surface area contributed by atoms with Crippen LogP contribution in [0.15, 0.2) is 35.4 Å². The zero-order valence-corrected chi connectivity index (χ0v) is 13.3. The van der Waals surface area contributed by atoms with Crippen molar-refractivity contribution in [1.29, 1.82) is 0 Å². The molecule has 1 aliphatic rings. The molecule has 7 heteroatoms. The van der Waals surface area contributed by atoms with Gasteiger partial charge in [-0.15, -0.1) is 0 Å². The van der Waals surface area contributed by atoms with E-state index in [-0.39, 0.29) is 4.90 Å². The van der Waals surface area contributed by atoms with Gasteiger partial charge in [-0.2, -0.15) is 8.42 Å². The lowest BCUT2D eigenvalue weighted by molar-refractivity contribution is -0.564. The molecule has 1 heterocycles. The maximum atomic E-state index is 12.3. The van der Waals surface area contributed by atoms with Crippen molar-refractivity contribution >= 4 is 21.6 Å². The summed E-state index contributed by atoms with van der Waals surface area (Å²) in [5.41, 5.74) is 1.25. The van der Waals surface area contributed by atoms with Gasteiger partial charge in [0.05, 0.1) is 16.9 Å². The van der Waals surface area contributed by atoms with E-state index in [0.717, 1.165) is 12.8 Å². The summed E-state index contributed by atoms with van der Waals surface area (Å²) in [6.45, 7) is 0. The first-order valence-corrected chi connectivity index (χ1v) is 9.05. The van der Waals surface area contributed by atoms with Crippen LogP contribution in [0.5, 0.6) is 5.75 Å². The highest BCUT2D eigenvalue weighted by molar-refractivity contribution is 7.92. The fourth-order valence-electron chi connectivity index (χ4n) is 2.40. The number of hydrogen-bond acceptors (Lipinski definition) is 4. The fraction of sp³-hybridized carbons (Fsp3) is 0.357. The van der Waals surface area contributed by atoms with E-state index < -0.39 is 10.0 Å². The summed E-state index contributed by atoms with van der Waals surface area (Å²) in [7, 11) is -2.02. The molecule has 2 aromatic rings. The van der Waals surface area contributed by atoms with Crippen LogP contribution < -0.4 is 13.6 Å². The van der Waals surface area contributed by atoms with Gasteiger partial charge in [-0.3, -0.25) is 0 Å². The Balaban J connectivity index is 1.83. The number of fused-ring (bicyclic) bond motifs is 1. The van der Waals surface area contributed by atoms with Gasteiger partial charge in [-0.05, 0) is 54.0 Å². The number of aromatic nitrogens is 1. The molecule has 0 saturated heterocycles. The summed E-state index contributed by atoms with van der Waals surface area (Å²) in [5.74, 6) is 0.633. The second-order valence-corrected chi connectivity index (χ2v) is 7.70. The standard InChI is InChI=1S/C14H17N2O3S2/c1-19-12-6-8-13(9-7-12)21(17,18)15-16-10-11-4-2-3-5-14(11)20-16/h6-10,15H,2-5H2,1H3/q+1. The Hall–Kier alpha value is -1.60. The summed E-state index contributed by atoms with van der Waals surface area (Å²) in [4.78, 5) is 4.10.